The number of para-hydroxylation sites is 2. The van der Waals surface area contributed by atoms with Crippen molar-refractivity contribution in [3.05, 3.63) is 72.6 Å². The summed E-state index contributed by atoms with van der Waals surface area (Å²) in [7, 11) is 0. The minimum atomic E-state index is 0.0159. The number of benzene rings is 2. The molecule has 0 saturated carbocycles. The van der Waals surface area contributed by atoms with Crippen molar-refractivity contribution < 1.29 is 14.2 Å². The topological polar surface area (TPSA) is 45.5 Å². The van der Waals surface area contributed by atoms with E-state index < -0.39 is 0 Å². The van der Waals surface area contributed by atoms with Gasteiger partial charge in [0.15, 0.2) is 11.5 Å². The van der Waals surface area contributed by atoms with Crippen molar-refractivity contribution >= 4 is 0 Å². The van der Waals surface area contributed by atoms with Gasteiger partial charge in [-0.1, -0.05) is 24.3 Å². The summed E-state index contributed by atoms with van der Waals surface area (Å²) in [5.74, 6) is 2.48. The van der Waals surface area contributed by atoms with Gasteiger partial charge in [-0.25, -0.2) is 0 Å². The van der Waals surface area contributed by atoms with Gasteiger partial charge in [-0.05, 0) is 35.9 Å². The number of fused-ring (bicyclic) bond motifs is 1. The lowest BCUT2D eigenvalue weighted by Crippen LogP contribution is -2.30. The third-order valence-electron chi connectivity index (χ3n) is 4.08. The lowest BCUT2D eigenvalue weighted by molar-refractivity contribution is 0.0734. The lowest BCUT2D eigenvalue weighted by atomic mass is 10.2. The zero-order chi connectivity index (χ0) is 16.9. The van der Waals surface area contributed by atoms with Crippen molar-refractivity contribution in [1.82, 2.24) is 9.78 Å². The highest BCUT2D eigenvalue weighted by Gasteiger charge is 2.20. The maximum atomic E-state index is 5.95. The van der Waals surface area contributed by atoms with E-state index in [1.165, 1.54) is 0 Å². The summed E-state index contributed by atoms with van der Waals surface area (Å²) in [4.78, 5) is 0. The third-order valence-corrected chi connectivity index (χ3v) is 4.08. The molecule has 25 heavy (non-hydrogen) atoms. The van der Waals surface area contributed by atoms with Crippen molar-refractivity contribution in [1.29, 1.82) is 0 Å². The highest BCUT2D eigenvalue weighted by molar-refractivity contribution is 5.40. The summed E-state index contributed by atoms with van der Waals surface area (Å²) in [6, 6.07) is 17.8. The predicted octanol–water partition coefficient (Wildman–Crippen LogP) is 3.54. The van der Waals surface area contributed by atoms with Crippen LogP contribution in [-0.2, 0) is 6.54 Å². The van der Waals surface area contributed by atoms with Gasteiger partial charge in [0.2, 0.25) is 0 Å². The van der Waals surface area contributed by atoms with E-state index in [0.29, 0.717) is 13.2 Å². The Labute approximate surface area is 146 Å². The molecule has 5 heteroatoms. The summed E-state index contributed by atoms with van der Waals surface area (Å²) in [6.45, 7) is 1.88. The third kappa shape index (κ3) is 3.94. The summed E-state index contributed by atoms with van der Waals surface area (Å²) in [5.41, 5.74) is 1.16. The Morgan fingerprint density at radius 2 is 2.00 bits per heavy atom. The standard InChI is InChI=1S/C20H20N2O3/c1-2-8-20-19(7-1)24-15-18(25-20)9-12-23-17-6-3-5-16(13-17)14-22-11-4-10-21-22/h1-8,10-11,13,18H,9,12,14-15H2. The molecule has 128 valence electrons. The van der Waals surface area contributed by atoms with Gasteiger partial charge in [-0.15, -0.1) is 0 Å². The molecule has 0 amide bonds. The first-order valence-corrected chi connectivity index (χ1v) is 8.44. The first-order valence-electron chi connectivity index (χ1n) is 8.44. The molecular formula is C20H20N2O3. The summed E-state index contributed by atoms with van der Waals surface area (Å²) >= 11 is 0. The van der Waals surface area contributed by atoms with E-state index in [2.05, 4.69) is 17.2 Å². The molecule has 0 radical (unpaired) electrons. The molecule has 1 aliphatic rings. The average Bonchev–Trinajstić information content (AvgIpc) is 3.15. The molecule has 0 spiro atoms. The fourth-order valence-electron chi connectivity index (χ4n) is 2.83. The van der Waals surface area contributed by atoms with Crippen LogP contribution in [0.2, 0.25) is 0 Å². The Morgan fingerprint density at radius 3 is 2.88 bits per heavy atom. The predicted molar refractivity (Wildman–Crippen MR) is 94.2 cm³/mol. The average molecular weight is 336 g/mol. The highest BCUT2D eigenvalue weighted by Crippen LogP contribution is 2.31. The van der Waals surface area contributed by atoms with Gasteiger partial charge in [0.05, 0.1) is 13.2 Å². The number of ether oxygens (including phenoxy) is 3. The summed E-state index contributed by atoms with van der Waals surface area (Å²) < 4.78 is 19.5. The van der Waals surface area contributed by atoms with Crippen LogP contribution in [0.1, 0.15) is 12.0 Å². The molecule has 1 aromatic heterocycles. The van der Waals surface area contributed by atoms with Crippen LogP contribution in [0, 0.1) is 0 Å². The number of rotatable bonds is 6. The molecule has 1 atom stereocenters. The quantitative estimate of drug-likeness (QED) is 0.691. The second-order valence-corrected chi connectivity index (χ2v) is 5.99. The van der Waals surface area contributed by atoms with Crippen LogP contribution in [-0.4, -0.2) is 29.1 Å². The molecule has 0 saturated heterocycles. The SMILES string of the molecule is c1cc(Cn2cccn2)cc(OCCC2COc3ccccc3O2)c1. The normalized spacial score (nSPS) is 15.8. The number of hydrogen-bond donors (Lipinski definition) is 0. The molecular weight excluding hydrogens is 316 g/mol. The minimum absolute atomic E-state index is 0.0159. The molecule has 3 aromatic rings. The molecule has 0 aliphatic carbocycles. The van der Waals surface area contributed by atoms with Gasteiger partial charge in [0.1, 0.15) is 18.5 Å². The van der Waals surface area contributed by atoms with E-state index in [4.69, 9.17) is 14.2 Å². The lowest BCUT2D eigenvalue weighted by Gasteiger charge is -2.26. The van der Waals surface area contributed by atoms with Crippen LogP contribution in [0.4, 0.5) is 0 Å². The Bertz CT molecular complexity index is 817. The van der Waals surface area contributed by atoms with Gasteiger partial charge in [0.25, 0.3) is 0 Å². The molecule has 5 nitrogen and oxygen atoms in total. The van der Waals surface area contributed by atoms with Crippen LogP contribution in [0.15, 0.2) is 67.0 Å². The van der Waals surface area contributed by atoms with Crippen LogP contribution in [0.3, 0.4) is 0 Å². The fraction of sp³-hybridized carbons (Fsp3) is 0.250. The van der Waals surface area contributed by atoms with Crippen molar-refractivity contribution in [2.75, 3.05) is 13.2 Å². The zero-order valence-corrected chi connectivity index (χ0v) is 13.9. The molecule has 2 heterocycles. The van der Waals surface area contributed by atoms with Gasteiger partial charge in [-0.3, -0.25) is 4.68 Å². The van der Waals surface area contributed by atoms with E-state index in [1.54, 1.807) is 6.20 Å². The van der Waals surface area contributed by atoms with Crippen LogP contribution in [0.25, 0.3) is 0 Å². The Balaban J connectivity index is 1.29. The fourth-order valence-corrected chi connectivity index (χ4v) is 2.83. The van der Waals surface area contributed by atoms with E-state index in [1.807, 2.05) is 53.3 Å². The molecule has 0 bridgehead atoms. The number of hydrogen-bond acceptors (Lipinski definition) is 4. The second-order valence-electron chi connectivity index (χ2n) is 5.99. The first-order chi connectivity index (χ1) is 12.4. The van der Waals surface area contributed by atoms with Gasteiger partial charge < -0.3 is 14.2 Å². The van der Waals surface area contributed by atoms with E-state index in [-0.39, 0.29) is 6.10 Å². The Kier molecular flexibility index (Phi) is 4.55. The molecule has 1 unspecified atom stereocenters. The highest BCUT2D eigenvalue weighted by atomic mass is 16.6. The van der Waals surface area contributed by atoms with Crippen LogP contribution in [0.5, 0.6) is 17.2 Å². The van der Waals surface area contributed by atoms with Crippen molar-refractivity contribution in [2.45, 2.75) is 19.1 Å². The maximum absolute atomic E-state index is 5.95. The van der Waals surface area contributed by atoms with E-state index in [0.717, 1.165) is 35.8 Å². The Morgan fingerprint density at radius 1 is 1.08 bits per heavy atom. The summed E-state index contributed by atoms with van der Waals surface area (Å²) in [5, 5.41) is 4.23. The van der Waals surface area contributed by atoms with Crippen molar-refractivity contribution in [3.63, 3.8) is 0 Å². The van der Waals surface area contributed by atoms with Crippen LogP contribution < -0.4 is 14.2 Å². The largest absolute Gasteiger partial charge is 0.493 e. The first kappa shape index (κ1) is 15.6. The minimum Gasteiger partial charge on any atom is -0.493 e. The van der Waals surface area contributed by atoms with Crippen molar-refractivity contribution in [3.8, 4) is 17.2 Å². The zero-order valence-electron chi connectivity index (χ0n) is 13.9. The number of aromatic nitrogens is 2. The van der Waals surface area contributed by atoms with Gasteiger partial charge in [-0.2, -0.15) is 5.10 Å². The van der Waals surface area contributed by atoms with E-state index >= 15 is 0 Å². The molecule has 2 aromatic carbocycles. The van der Waals surface area contributed by atoms with Gasteiger partial charge >= 0.3 is 0 Å². The number of nitrogens with zero attached hydrogens (tertiary/aromatic N) is 2. The van der Waals surface area contributed by atoms with Crippen molar-refractivity contribution in [2.24, 2.45) is 0 Å². The summed E-state index contributed by atoms with van der Waals surface area (Å²) in [6.07, 6.45) is 4.52. The smallest absolute Gasteiger partial charge is 0.161 e. The molecule has 0 N–H and O–H groups in total. The monoisotopic (exact) mass is 336 g/mol. The van der Waals surface area contributed by atoms with E-state index in [9.17, 15) is 0 Å². The van der Waals surface area contributed by atoms with Gasteiger partial charge in [0, 0.05) is 18.8 Å². The molecule has 4 rings (SSSR count). The van der Waals surface area contributed by atoms with Crippen LogP contribution >= 0.6 is 0 Å². The maximum Gasteiger partial charge on any atom is 0.161 e. The molecule has 0 fully saturated rings. The molecule has 1 aliphatic heterocycles. The Hall–Kier alpha value is -2.95. The second kappa shape index (κ2) is 7.30.